The molecule has 5 aromatic rings. The molecule has 0 radical (unpaired) electrons. The Morgan fingerprint density at radius 1 is 0.531 bits per heavy atom. The van der Waals surface area contributed by atoms with Gasteiger partial charge in [0.25, 0.3) is 0 Å². The van der Waals surface area contributed by atoms with Crippen molar-refractivity contribution in [2.75, 3.05) is 4.90 Å². The predicted molar refractivity (Wildman–Crippen MR) is 138 cm³/mol. The standard InChI is InChI=1S/C31H27N/c1-23(2)24-19-21-25(22-20-24)29-17-9-11-26-12-10-18-30(31(26)29)32(27-13-5-3-6-14-27)28-15-7-4-8-16-28/h3-23H,1-2H3. The first-order valence-electron chi connectivity index (χ1n) is 11.2. The lowest BCUT2D eigenvalue weighted by Crippen LogP contribution is -2.10. The minimum absolute atomic E-state index is 0.527. The number of anilines is 3. The number of hydrogen-bond donors (Lipinski definition) is 0. The van der Waals surface area contributed by atoms with Crippen molar-refractivity contribution in [2.45, 2.75) is 19.8 Å². The maximum atomic E-state index is 2.36. The van der Waals surface area contributed by atoms with Gasteiger partial charge in [0.15, 0.2) is 0 Å². The molecule has 0 N–H and O–H groups in total. The molecule has 0 saturated carbocycles. The number of rotatable bonds is 5. The Hall–Kier alpha value is -3.84. The van der Waals surface area contributed by atoms with Crippen molar-refractivity contribution in [1.29, 1.82) is 0 Å². The van der Waals surface area contributed by atoms with E-state index in [4.69, 9.17) is 0 Å². The summed E-state index contributed by atoms with van der Waals surface area (Å²) >= 11 is 0. The Morgan fingerprint density at radius 3 is 1.66 bits per heavy atom. The van der Waals surface area contributed by atoms with Crippen molar-refractivity contribution in [2.24, 2.45) is 0 Å². The van der Waals surface area contributed by atoms with E-state index in [-0.39, 0.29) is 0 Å². The van der Waals surface area contributed by atoms with E-state index < -0.39 is 0 Å². The fourth-order valence-corrected chi connectivity index (χ4v) is 4.38. The van der Waals surface area contributed by atoms with Gasteiger partial charge in [-0.2, -0.15) is 0 Å². The van der Waals surface area contributed by atoms with Gasteiger partial charge in [0.2, 0.25) is 0 Å². The van der Waals surface area contributed by atoms with Crippen LogP contribution in [0.4, 0.5) is 17.1 Å². The zero-order chi connectivity index (χ0) is 21.9. The van der Waals surface area contributed by atoms with Crippen molar-refractivity contribution in [3.8, 4) is 11.1 Å². The smallest absolute Gasteiger partial charge is 0.0546 e. The Labute approximate surface area is 190 Å². The molecule has 1 nitrogen and oxygen atoms in total. The minimum Gasteiger partial charge on any atom is -0.310 e. The second-order valence-electron chi connectivity index (χ2n) is 8.46. The average Bonchev–Trinajstić information content (AvgIpc) is 2.85. The summed E-state index contributed by atoms with van der Waals surface area (Å²) in [5.41, 5.74) is 7.35. The average molecular weight is 414 g/mol. The zero-order valence-electron chi connectivity index (χ0n) is 18.6. The van der Waals surface area contributed by atoms with Crippen LogP contribution in [0.5, 0.6) is 0 Å². The van der Waals surface area contributed by atoms with Crippen molar-refractivity contribution in [3.63, 3.8) is 0 Å². The van der Waals surface area contributed by atoms with Gasteiger partial charge >= 0.3 is 0 Å². The van der Waals surface area contributed by atoms with Crippen molar-refractivity contribution in [1.82, 2.24) is 0 Å². The molecule has 0 saturated heterocycles. The summed E-state index contributed by atoms with van der Waals surface area (Å²) in [6.45, 7) is 4.48. The lowest BCUT2D eigenvalue weighted by atomic mass is 9.94. The van der Waals surface area contributed by atoms with Gasteiger partial charge < -0.3 is 4.90 Å². The molecule has 156 valence electrons. The molecular formula is C31H27N. The third-order valence-corrected chi connectivity index (χ3v) is 6.04. The van der Waals surface area contributed by atoms with E-state index in [0.717, 1.165) is 11.4 Å². The number of benzene rings is 5. The molecule has 0 atom stereocenters. The molecular weight excluding hydrogens is 386 g/mol. The van der Waals surface area contributed by atoms with Crippen LogP contribution in [-0.2, 0) is 0 Å². The molecule has 32 heavy (non-hydrogen) atoms. The predicted octanol–water partition coefficient (Wildman–Crippen LogP) is 9.10. The van der Waals surface area contributed by atoms with Crippen LogP contribution in [0.3, 0.4) is 0 Å². The molecule has 0 bridgehead atoms. The molecule has 1 heteroatoms. The highest BCUT2D eigenvalue weighted by Crippen LogP contribution is 2.42. The van der Waals surface area contributed by atoms with Crippen LogP contribution in [0.25, 0.3) is 21.9 Å². The Bertz CT molecular complexity index is 1280. The highest BCUT2D eigenvalue weighted by molar-refractivity contribution is 6.07. The molecule has 0 unspecified atom stereocenters. The summed E-state index contributed by atoms with van der Waals surface area (Å²) in [6, 6.07) is 43.5. The summed E-state index contributed by atoms with van der Waals surface area (Å²) in [5, 5.41) is 2.50. The van der Waals surface area contributed by atoms with Crippen LogP contribution in [0.15, 0.2) is 121 Å². The number of para-hydroxylation sites is 2. The van der Waals surface area contributed by atoms with Gasteiger partial charge in [0, 0.05) is 16.8 Å². The van der Waals surface area contributed by atoms with Gasteiger partial charge in [0.1, 0.15) is 0 Å². The molecule has 0 aromatic heterocycles. The largest absolute Gasteiger partial charge is 0.310 e. The van der Waals surface area contributed by atoms with Gasteiger partial charge in [-0.3, -0.25) is 0 Å². The van der Waals surface area contributed by atoms with Crippen LogP contribution < -0.4 is 4.90 Å². The van der Waals surface area contributed by atoms with E-state index >= 15 is 0 Å². The second-order valence-corrected chi connectivity index (χ2v) is 8.46. The van der Waals surface area contributed by atoms with E-state index in [2.05, 4.69) is 140 Å². The molecule has 0 amide bonds. The molecule has 0 fully saturated rings. The van der Waals surface area contributed by atoms with Crippen molar-refractivity contribution >= 4 is 27.8 Å². The summed E-state index contributed by atoms with van der Waals surface area (Å²) in [4.78, 5) is 2.36. The SMILES string of the molecule is CC(C)c1ccc(-c2cccc3cccc(N(c4ccccc4)c4ccccc4)c23)cc1. The monoisotopic (exact) mass is 413 g/mol. The van der Waals surface area contributed by atoms with Crippen LogP contribution in [0, 0.1) is 0 Å². The minimum atomic E-state index is 0.527. The highest BCUT2D eigenvalue weighted by Gasteiger charge is 2.17. The van der Waals surface area contributed by atoms with Crippen LogP contribution in [0.2, 0.25) is 0 Å². The lowest BCUT2D eigenvalue weighted by molar-refractivity contribution is 0.867. The molecule has 0 aliphatic carbocycles. The van der Waals surface area contributed by atoms with Gasteiger partial charge in [-0.1, -0.05) is 105 Å². The summed E-state index contributed by atoms with van der Waals surface area (Å²) in [7, 11) is 0. The molecule has 5 rings (SSSR count). The first-order chi connectivity index (χ1) is 15.7. The first kappa shape index (κ1) is 20.1. The van der Waals surface area contributed by atoms with Crippen molar-refractivity contribution in [3.05, 3.63) is 127 Å². The van der Waals surface area contributed by atoms with Gasteiger partial charge in [-0.05, 0) is 58.3 Å². The van der Waals surface area contributed by atoms with E-state index in [1.54, 1.807) is 0 Å². The number of fused-ring (bicyclic) bond motifs is 1. The van der Waals surface area contributed by atoms with E-state index in [1.165, 1.54) is 33.2 Å². The first-order valence-corrected chi connectivity index (χ1v) is 11.2. The third kappa shape index (κ3) is 3.78. The fourth-order valence-electron chi connectivity index (χ4n) is 4.38. The molecule has 0 heterocycles. The molecule has 0 aliphatic heterocycles. The third-order valence-electron chi connectivity index (χ3n) is 6.04. The lowest BCUT2D eigenvalue weighted by Gasteiger charge is -2.27. The zero-order valence-corrected chi connectivity index (χ0v) is 18.6. The Kier molecular flexibility index (Phi) is 5.47. The highest BCUT2D eigenvalue weighted by atomic mass is 15.1. The maximum Gasteiger partial charge on any atom is 0.0546 e. The Balaban J connectivity index is 1.76. The van der Waals surface area contributed by atoms with E-state index in [9.17, 15) is 0 Å². The molecule has 0 aliphatic rings. The maximum absolute atomic E-state index is 2.36. The summed E-state index contributed by atoms with van der Waals surface area (Å²) in [5.74, 6) is 0.527. The van der Waals surface area contributed by atoms with Crippen LogP contribution >= 0.6 is 0 Å². The van der Waals surface area contributed by atoms with E-state index in [0.29, 0.717) is 5.92 Å². The van der Waals surface area contributed by atoms with Gasteiger partial charge in [-0.15, -0.1) is 0 Å². The van der Waals surface area contributed by atoms with E-state index in [1.807, 2.05) is 0 Å². The van der Waals surface area contributed by atoms with Gasteiger partial charge in [-0.25, -0.2) is 0 Å². The molecule has 5 aromatic carbocycles. The molecule has 0 spiro atoms. The normalized spacial score (nSPS) is 11.1. The topological polar surface area (TPSA) is 3.24 Å². The van der Waals surface area contributed by atoms with Gasteiger partial charge in [0.05, 0.1) is 5.69 Å². The second kappa shape index (κ2) is 8.72. The van der Waals surface area contributed by atoms with Crippen LogP contribution in [-0.4, -0.2) is 0 Å². The summed E-state index contributed by atoms with van der Waals surface area (Å²) in [6.07, 6.45) is 0. The summed E-state index contributed by atoms with van der Waals surface area (Å²) < 4.78 is 0. The quantitative estimate of drug-likeness (QED) is 0.278. The number of hydrogen-bond acceptors (Lipinski definition) is 1. The van der Waals surface area contributed by atoms with Crippen molar-refractivity contribution < 1.29 is 0 Å². The van der Waals surface area contributed by atoms with Crippen LogP contribution in [0.1, 0.15) is 25.3 Å². The number of nitrogens with zero attached hydrogens (tertiary/aromatic N) is 1. The Morgan fingerprint density at radius 2 is 1.09 bits per heavy atom. The fraction of sp³-hybridized carbons (Fsp3) is 0.0968.